The molecule has 11 heteroatoms. The maximum absolute atomic E-state index is 13.0. The number of carbonyl (C=O) groups excluding carboxylic acids is 1. The molecule has 0 saturated heterocycles. The molecule has 1 aromatic heterocycles. The molecule has 1 N–H and O–H groups in total. The van der Waals surface area contributed by atoms with Crippen LogP contribution in [0.5, 0.6) is 5.75 Å². The number of nitro groups is 1. The van der Waals surface area contributed by atoms with Crippen LogP contribution in [0.2, 0.25) is 0 Å². The van der Waals surface area contributed by atoms with Crippen molar-refractivity contribution >= 4 is 29.0 Å². The van der Waals surface area contributed by atoms with Crippen molar-refractivity contribution in [3.05, 3.63) is 82.9 Å². The molecule has 0 aliphatic carbocycles. The van der Waals surface area contributed by atoms with Gasteiger partial charge in [0.1, 0.15) is 23.9 Å². The number of halogens is 1. The first-order valence-corrected chi connectivity index (χ1v) is 10.0. The Balaban J connectivity index is 1.63. The van der Waals surface area contributed by atoms with Crippen molar-refractivity contribution in [1.29, 1.82) is 0 Å². The summed E-state index contributed by atoms with van der Waals surface area (Å²) in [6.45, 7) is 4.20. The number of nitrogens with one attached hydrogen (secondary N) is 1. The van der Waals surface area contributed by atoms with Gasteiger partial charge in [-0.15, -0.1) is 16.8 Å². The van der Waals surface area contributed by atoms with Crippen LogP contribution in [-0.4, -0.2) is 31.3 Å². The summed E-state index contributed by atoms with van der Waals surface area (Å²) in [5.41, 5.74) is -0.0602. The second kappa shape index (κ2) is 10.3. The third-order valence-electron chi connectivity index (χ3n) is 3.99. The first-order chi connectivity index (χ1) is 15.0. The number of thioether (sulfide) groups is 1. The summed E-state index contributed by atoms with van der Waals surface area (Å²) < 4.78 is 20.4. The Labute approximate surface area is 181 Å². The van der Waals surface area contributed by atoms with Gasteiger partial charge in [-0.3, -0.25) is 19.5 Å². The smallest absolute Gasteiger partial charge is 0.292 e. The molecule has 0 saturated carbocycles. The van der Waals surface area contributed by atoms with Gasteiger partial charge in [-0.25, -0.2) is 4.39 Å². The SMILES string of the molecule is C=CCn1c(COc2ccc(F)cc2)nnc1SCC(=O)Nc1ccccc1[N+](=O)[O-]. The fraction of sp³-hybridized carbons (Fsp3) is 0.150. The minimum Gasteiger partial charge on any atom is -0.486 e. The highest BCUT2D eigenvalue weighted by molar-refractivity contribution is 7.99. The van der Waals surface area contributed by atoms with Crippen LogP contribution in [0.1, 0.15) is 5.82 Å². The summed E-state index contributed by atoms with van der Waals surface area (Å²) in [4.78, 5) is 22.8. The molecule has 0 radical (unpaired) electrons. The monoisotopic (exact) mass is 443 g/mol. The molecule has 0 bridgehead atoms. The van der Waals surface area contributed by atoms with Gasteiger partial charge < -0.3 is 10.1 Å². The number of amides is 1. The second-order valence-electron chi connectivity index (χ2n) is 6.15. The first kappa shape index (κ1) is 22.0. The van der Waals surface area contributed by atoms with Crippen LogP contribution in [0.4, 0.5) is 15.8 Å². The molecular formula is C20H18FN5O4S. The first-order valence-electron chi connectivity index (χ1n) is 9.05. The third kappa shape index (κ3) is 5.89. The van der Waals surface area contributed by atoms with Crippen molar-refractivity contribution in [3.8, 4) is 5.75 Å². The lowest BCUT2D eigenvalue weighted by Gasteiger charge is -2.09. The number of allylic oxidation sites excluding steroid dienone is 1. The Hall–Kier alpha value is -3.73. The quantitative estimate of drug-likeness (QED) is 0.219. The van der Waals surface area contributed by atoms with E-state index in [0.29, 0.717) is 23.3 Å². The van der Waals surface area contributed by atoms with Crippen LogP contribution < -0.4 is 10.1 Å². The highest BCUT2D eigenvalue weighted by atomic mass is 32.2. The molecule has 0 fully saturated rings. The van der Waals surface area contributed by atoms with E-state index in [0.717, 1.165) is 11.8 Å². The van der Waals surface area contributed by atoms with Gasteiger partial charge in [0.25, 0.3) is 5.69 Å². The summed E-state index contributed by atoms with van der Waals surface area (Å²) in [5.74, 6) is 0.176. The van der Waals surface area contributed by atoms with Crippen molar-refractivity contribution in [1.82, 2.24) is 14.8 Å². The van der Waals surface area contributed by atoms with Crippen LogP contribution in [0.15, 0.2) is 66.3 Å². The highest BCUT2D eigenvalue weighted by Gasteiger charge is 2.17. The van der Waals surface area contributed by atoms with Crippen molar-refractivity contribution in [3.63, 3.8) is 0 Å². The van der Waals surface area contributed by atoms with Gasteiger partial charge in [0, 0.05) is 12.6 Å². The number of anilines is 1. The summed E-state index contributed by atoms with van der Waals surface area (Å²) in [5, 5.41) is 22.3. The number of para-hydroxylation sites is 2. The third-order valence-corrected chi connectivity index (χ3v) is 4.96. The second-order valence-corrected chi connectivity index (χ2v) is 7.09. The van der Waals surface area contributed by atoms with E-state index in [2.05, 4.69) is 22.1 Å². The van der Waals surface area contributed by atoms with Gasteiger partial charge in [0.05, 0.1) is 10.7 Å². The Morgan fingerprint density at radius 2 is 2.00 bits per heavy atom. The van der Waals surface area contributed by atoms with E-state index in [9.17, 15) is 19.3 Å². The van der Waals surface area contributed by atoms with Gasteiger partial charge in [-0.2, -0.15) is 0 Å². The molecule has 0 atom stereocenters. The van der Waals surface area contributed by atoms with Gasteiger partial charge in [0.2, 0.25) is 5.91 Å². The van der Waals surface area contributed by atoms with Crippen LogP contribution in [0.3, 0.4) is 0 Å². The maximum atomic E-state index is 13.0. The Morgan fingerprint density at radius 1 is 1.26 bits per heavy atom. The fourth-order valence-electron chi connectivity index (χ4n) is 2.58. The number of aromatic nitrogens is 3. The minimum atomic E-state index is -0.559. The highest BCUT2D eigenvalue weighted by Crippen LogP contribution is 2.24. The van der Waals surface area contributed by atoms with Crippen molar-refractivity contribution in [2.24, 2.45) is 0 Å². The van der Waals surface area contributed by atoms with Crippen molar-refractivity contribution < 1.29 is 18.8 Å². The largest absolute Gasteiger partial charge is 0.486 e. The molecule has 3 aromatic rings. The van der Waals surface area contributed by atoms with E-state index < -0.39 is 10.8 Å². The van der Waals surface area contributed by atoms with Crippen LogP contribution >= 0.6 is 11.8 Å². The molecule has 1 heterocycles. The molecular weight excluding hydrogens is 425 g/mol. The standard InChI is InChI=1S/C20H18FN5O4S/c1-2-11-25-18(12-30-15-9-7-14(21)8-10-15)23-24-20(25)31-13-19(27)22-16-5-3-4-6-17(16)26(28)29/h2-10H,1,11-13H2,(H,22,27). The molecule has 1 amide bonds. The summed E-state index contributed by atoms with van der Waals surface area (Å²) in [7, 11) is 0. The average Bonchev–Trinajstić information content (AvgIpc) is 3.14. The van der Waals surface area contributed by atoms with E-state index in [1.54, 1.807) is 16.7 Å². The topological polar surface area (TPSA) is 112 Å². The average molecular weight is 443 g/mol. The van der Waals surface area contributed by atoms with E-state index in [-0.39, 0.29) is 29.6 Å². The number of carbonyl (C=O) groups is 1. The number of hydrogen-bond donors (Lipinski definition) is 1. The normalized spacial score (nSPS) is 10.5. The molecule has 0 aliphatic rings. The number of hydrogen-bond acceptors (Lipinski definition) is 7. The zero-order valence-electron chi connectivity index (χ0n) is 16.2. The van der Waals surface area contributed by atoms with Crippen LogP contribution in [-0.2, 0) is 17.9 Å². The van der Waals surface area contributed by atoms with E-state index >= 15 is 0 Å². The summed E-state index contributed by atoms with van der Waals surface area (Å²) >= 11 is 1.13. The number of nitro benzene ring substituents is 1. The van der Waals surface area contributed by atoms with E-state index in [4.69, 9.17) is 4.74 Å². The lowest BCUT2D eigenvalue weighted by molar-refractivity contribution is -0.383. The molecule has 3 rings (SSSR count). The Kier molecular flexibility index (Phi) is 7.33. The Bertz CT molecular complexity index is 1090. The summed E-state index contributed by atoms with van der Waals surface area (Å²) in [6, 6.07) is 11.5. The molecule has 0 spiro atoms. The lowest BCUT2D eigenvalue weighted by atomic mass is 10.2. The van der Waals surface area contributed by atoms with Crippen LogP contribution in [0, 0.1) is 15.9 Å². The number of ether oxygens (including phenoxy) is 1. The van der Waals surface area contributed by atoms with Crippen molar-refractivity contribution in [2.75, 3.05) is 11.1 Å². The summed E-state index contributed by atoms with van der Waals surface area (Å²) in [6.07, 6.45) is 1.65. The minimum absolute atomic E-state index is 0.0276. The van der Waals surface area contributed by atoms with E-state index in [1.807, 2.05) is 0 Å². The number of nitrogens with zero attached hydrogens (tertiary/aromatic N) is 4. The molecule has 0 unspecified atom stereocenters. The zero-order chi connectivity index (χ0) is 22.2. The zero-order valence-corrected chi connectivity index (χ0v) is 17.0. The predicted molar refractivity (Wildman–Crippen MR) is 113 cm³/mol. The molecule has 9 nitrogen and oxygen atoms in total. The molecule has 0 aliphatic heterocycles. The maximum Gasteiger partial charge on any atom is 0.292 e. The predicted octanol–water partition coefficient (Wildman–Crippen LogP) is 3.82. The van der Waals surface area contributed by atoms with Gasteiger partial charge >= 0.3 is 0 Å². The molecule has 2 aromatic carbocycles. The molecule has 31 heavy (non-hydrogen) atoms. The molecule has 160 valence electrons. The lowest BCUT2D eigenvalue weighted by Crippen LogP contribution is -2.16. The van der Waals surface area contributed by atoms with Gasteiger partial charge in [0.15, 0.2) is 11.0 Å². The Morgan fingerprint density at radius 3 is 2.71 bits per heavy atom. The fourth-order valence-corrected chi connectivity index (χ4v) is 3.35. The van der Waals surface area contributed by atoms with Crippen molar-refractivity contribution in [2.45, 2.75) is 18.3 Å². The number of rotatable bonds is 10. The van der Waals surface area contributed by atoms with Gasteiger partial charge in [-0.1, -0.05) is 30.0 Å². The van der Waals surface area contributed by atoms with Gasteiger partial charge in [-0.05, 0) is 30.3 Å². The number of benzene rings is 2. The van der Waals surface area contributed by atoms with Crippen LogP contribution in [0.25, 0.3) is 0 Å². The van der Waals surface area contributed by atoms with E-state index in [1.165, 1.54) is 42.5 Å².